The number of carbonyl (C=O) groups excluding carboxylic acids is 1. The minimum Gasteiger partial charge on any atom is -0.370 e. The molecule has 2 heterocycles. The summed E-state index contributed by atoms with van der Waals surface area (Å²) in [6, 6.07) is 8.19. The van der Waals surface area contributed by atoms with Crippen molar-refractivity contribution in [1.82, 2.24) is 19.9 Å². The molecule has 22 heavy (non-hydrogen) atoms. The number of fused-ring (bicyclic) bond motifs is 1. The zero-order chi connectivity index (χ0) is 15.4. The average Bonchev–Trinajstić information content (AvgIpc) is 3.14. The van der Waals surface area contributed by atoms with E-state index in [0.717, 1.165) is 17.9 Å². The van der Waals surface area contributed by atoms with Crippen LogP contribution in [0.3, 0.4) is 0 Å². The molecule has 0 aliphatic carbocycles. The van der Waals surface area contributed by atoms with Crippen LogP contribution in [0.5, 0.6) is 0 Å². The molecule has 6 heteroatoms. The number of aromatic amines is 1. The highest BCUT2D eigenvalue weighted by molar-refractivity contribution is 5.84. The molecule has 114 valence electrons. The summed E-state index contributed by atoms with van der Waals surface area (Å²) < 4.78 is 2.09. The number of amides is 1. The van der Waals surface area contributed by atoms with E-state index in [0.29, 0.717) is 19.5 Å². The van der Waals surface area contributed by atoms with Crippen LogP contribution in [0.4, 0.5) is 0 Å². The smallest absolute Gasteiger partial charge is 0.219 e. The molecule has 0 radical (unpaired) electrons. The first-order chi connectivity index (χ1) is 10.7. The molecule has 2 aromatic heterocycles. The molecular weight excluding hydrogens is 278 g/mol. The fraction of sp³-hybridized carbons (Fsp3) is 0.250. The van der Waals surface area contributed by atoms with E-state index in [1.165, 1.54) is 10.9 Å². The number of H-pyrrole nitrogens is 1. The van der Waals surface area contributed by atoms with Gasteiger partial charge in [-0.25, -0.2) is 4.98 Å². The van der Waals surface area contributed by atoms with Crippen LogP contribution in [-0.4, -0.2) is 20.4 Å². The molecule has 0 saturated heterocycles. The Hall–Kier alpha value is -2.60. The molecule has 0 aliphatic rings. The number of hydrogen-bond acceptors (Lipinski definition) is 3. The van der Waals surface area contributed by atoms with E-state index in [2.05, 4.69) is 38.2 Å². The van der Waals surface area contributed by atoms with Crippen molar-refractivity contribution >= 4 is 16.8 Å². The number of para-hydroxylation sites is 1. The summed E-state index contributed by atoms with van der Waals surface area (Å²) in [6.45, 7) is 2.03. The Labute approximate surface area is 128 Å². The average molecular weight is 297 g/mol. The lowest BCUT2D eigenvalue weighted by atomic mass is 10.2. The second kappa shape index (κ2) is 6.44. The van der Waals surface area contributed by atoms with Crippen LogP contribution in [-0.2, 0) is 24.4 Å². The summed E-state index contributed by atoms with van der Waals surface area (Å²) in [4.78, 5) is 18.3. The first-order valence-electron chi connectivity index (χ1n) is 7.28. The minimum atomic E-state index is -0.282. The molecule has 1 amide bonds. The molecule has 4 N–H and O–H groups in total. The summed E-state index contributed by atoms with van der Waals surface area (Å²) in [5.74, 6) is 0.632. The van der Waals surface area contributed by atoms with E-state index in [1.54, 1.807) is 6.20 Å². The third-order valence-corrected chi connectivity index (χ3v) is 3.63. The highest BCUT2D eigenvalue weighted by Gasteiger charge is 2.08. The van der Waals surface area contributed by atoms with Gasteiger partial charge in [0.1, 0.15) is 5.82 Å². The van der Waals surface area contributed by atoms with Gasteiger partial charge in [-0.2, -0.15) is 0 Å². The molecule has 0 aliphatic heterocycles. The highest BCUT2D eigenvalue weighted by atomic mass is 16.1. The summed E-state index contributed by atoms with van der Waals surface area (Å²) in [5, 5.41) is 4.57. The number of nitrogens with two attached hydrogens (primary N) is 1. The SMILES string of the molecule is NC(=O)CCn1cc(CNCc2ncc[nH]2)c2ccccc21. The number of aromatic nitrogens is 3. The quantitative estimate of drug-likeness (QED) is 0.618. The van der Waals surface area contributed by atoms with Crippen molar-refractivity contribution in [3.63, 3.8) is 0 Å². The predicted molar refractivity (Wildman–Crippen MR) is 84.9 cm³/mol. The standard InChI is InChI=1S/C16H19N5O/c17-15(22)5-8-21-11-12(13-3-1-2-4-14(13)21)9-18-10-16-19-6-7-20-16/h1-4,6-7,11,18H,5,8-10H2,(H2,17,22)(H,19,20). The number of hydrogen-bond donors (Lipinski definition) is 3. The van der Waals surface area contributed by atoms with Gasteiger partial charge >= 0.3 is 0 Å². The second-order valence-electron chi connectivity index (χ2n) is 5.22. The number of benzene rings is 1. The third kappa shape index (κ3) is 3.17. The van der Waals surface area contributed by atoms with Crippen molar-refractivity contribution in [2.45, 2.75) is 26.1 Å². The van der Waals surface area contributed by atoms with Crippen molar-refractivity contribution in [2.75, 3.05) is 0 Å². The fourth-order valence-corrected chi connectivity index (χ4v) is 2.59. The second-order valence-corrected chi connectivity index (χ2v) is 5.22. The lowest BCUT2D eigenvalue weighted by molar-refractivity contribution is -0.118. The van der Waals surface area contributed by atoms with Gasteiger partial charge in [0.25, 0.3) is 0 Å². The molecule has 0 spiro atoms. The Balaban J connectivity index is 1.75. The Kier molecular flexibility index (Phi) is 4.20. The maximum atomic E-state index is 11.0. The molecular formula is C16H19N5O. The van der Waals surface area contributed by atoms with Gasteiger partial charge in [0, 0.05) is 49.0 Å². The fourth-order valence-electron chi connectivity index (χ4n) is 2.59. The Bertz CT molecular complexity index is 760. The Morgan fingerprint density at radius 3 is 2.95 bits per heavy atom. The summed E-state index contributed by atoms with van der Waals surface area (Å²) in [7, 11) is 0. The molecule has 3 rings (SSSR count). The molecule has 6 nitrogen and oxygen atoms in total. The lowest BCUT2D eigenvalue weighted by Gasteiger charge is -2.02. The van der Waals surface area contributed by atoms with Crippen molar-refractivity contribution in [3.05, 3.63) is 54.2 Å². The van der Waals surface area contributed by atoms with Gasteiger partial charge in [-0.3, -0.25) is 4.79 Å². The summed E-state index contributed by atoms with van der Waals surface area (Å²) in [6.07, 6.45) is 5.99. The van der Waals surface area contributed by atoms with Crippen LogP contribution in [0.25, 0.3) is 10.9 Å². The number of rotatable bonds is 7. The number of nitrogens with zero attached hydrogens (tertiary/aromatic N) is 2. The molecule has 0 bridgehead atoms. The predicted octanol–water partition coefficient (Wildman–Crippen LogP) is 1.53. The zero-order valence-corrected chi connectivity index (χ0v) is 12.2. The van der Waals surface area contributed by atoms with Crippen LogP contribution in [0.15, 0.2) is 42.9 Å². The molecule has 1 aromatic carbocycles. The van der Waals surface area contributed by atoms with Crippen molar-refractivity contribution in [3.8, 4) is 0 Å². The van der Waals surface area contributed by atoms with Gasteiger partial charge in [0.15, 0.2) is 0 Å². The Morgan fingerprint density at radius 1 is 1.32 bits per heavy atom. The first kappa shape index (κ1) is 14.3. The van der Waals surface area contributed by atoms with Gasteiger partial charge in [-0.1, -0.05) is 18.2 Å². The van der Waals surface area contributed by atoms with E-state index in [-0.39, 0.29) is 5.91 Å². The van der Waals surface area contributed by atoms with E-state index < -0.39 is 0 Å². The molecule has 3 aromatic rings. The van der Waals surface area contributed by atoms with Gasteiger partial charge in [0.2, 0.25) is 5.91 Å². The van der Waals surface area contributed by atoms with Gasteiger partial charge < -0.3 is 20.6 Å². The van der Waals surface area contributed by atoms with Crippen LogP contribution in [0.2, 0.25) is 0 Å². The maximum Gasteiger partial charge on any atom is 0.219 e. The van der Waals surface area contributed by atoms with E-state index in [9.17, 15) is 4.79 Å². The van der Waals surface area contributed by atoms with Crippen molar-refractivity contribution in [2.24, 2.45) is 5.73 Å². The molecule has 0 unspecified atom stereocenters. The zero-order valence-electron chi connectivity index (χ0n) is 12.2. The normalized spacial score (nSPS) is 11.1. The number of carbonyl (C=O) groups is 1. The largest absolute Gasteiger partial charge is 0.370 e. The molecule has 0 fully saturated rings. The van der Waals surface area contributed by atoms with Gasteiger partial charge in [0.05, 0.1) is 6.54 Å². The summed E-state index contributed by atoms with van der Waals surface area (Å²) in [5.41, 5.74) is 7.57. The topological polar surface area (TPSA) is 88.7 Å². The molecule has 0 atom stereocenters. The van der Waals surface area contributed by atoms with Gasteiger partial charge in [-0.05, 0) is 11.6 Å². The van der Waals surface area contributed by atoms with Crippen molar-refractivity contribution < 1.29 is 4.79 Å². The minimum absolute atomic E-state index is 0.282. The Morgan fingerprint density at radius 2 is 2.18 bits per heavy atom. The first-order valence-corrected chi connectivity index (χ1v) is 7.28. The number of imidazole rings is 1. The van der Waals surface area contributed by atoms with Crippen LogP contribution in [0, 0.1) is 0 Å². The van der Waals surface area contributed by atoms with Crippen LogP contribution >= 0.6 is 0 Å². The van der Waals surface area contributed by atoms with Gasteiger partial charge in [-0.15, -0.1) is 0 Å². The lowest BCUT2D eigenvalue weighted by Crippen LogP contribution is -2.14. The van der Waals surface area contributed by atoms with Crippen LogP contribution in [0.1, 0.15) is 17.8 Å². The summed E-state index contributed by atoms with van der Waals surface area (Å²) >= 11 is 0. The monoisotopic (exact) mass is 297 g/mol. The third-order valence-electron chi connectivity index (χ3n) is 3.63. The van der Waals surface area contributed by atoms with E-state index >= 15 is 0 Å². The maximum absolute atomic E-state index is 11.0. The van der Waals surface area contributed by atoms with E-state index in [4.69, 9.17) is 5.73 Å². The number of primary amides is 1. The number of aryl methyl sites for hydroxylation is 1. The molecule has 0 saturated carbocycles. The van der Waals surface area contributed by atoms with Crippen LogP contribution < -0.4 is 11.1 Å². The number of nitrogens with one attached hydrogen (secondary N) is 2. The highest BCUT2D eigenvalue weighted by Crippen LogP contribution is 2.21. The van der Waals surface area contributed by atoms with Crippen molar-refractivity contribution in [1.29, 1.82) is 0 Å². The van der Waals surface area contributed by atoms with E-state index in [1.807, 2.05) is 18.3 Å².